The molecular formula is C15H11N7O2. The summed E-state index contributed by atoms with van der Waals surface area (Å²) in [5, 5.41) is 10.2. The first-order valence-electron chi connectivity index (χ1n) is 7.04. The van der Waals surface area contributed by atoms with Crippen LogP contribution in [-0.4, -0.2) is 35.6 Å². The van der Waals surface area contributed by atoms with Gasteiger partial charge in [0.15, 0.2) is 0 Å². The van der Waals surface area contributed by atoms with E-state index in [-0.39, 0.29) is 17.3 Å². The largest absolute Gasteiger partial charge is 0.323 e. The van der Waals surface area contributed by atoms with E-state index in [4.69, 9.17) is 0 Å². The van der Waals surface area contributed by atoms with Gasteiger partial charge in [-0.25, -0.2) is 9.78 Å². The molecule has 0 bridgehead atoms. The van der Waals surface area contributed by atoms with Gasteiger partial charge in [0.25, 0.3) is 5.91 Å². The third-order valence-electron chi connectivity index (χ3n) is 3.42. The first-order chi connectivity index (χ1) is 11.7. The molecule has 0 fully saturated rings. The molecule has 0 spiro atoms. The summed E-state index contributed by atoms with van der Waals surface area (Å²) in [5.74, 6) is 0.181. The molecule has 4 rings (SSSR count). The number of hydrogen-bond donors (Lipinski definition) is 3. The van der Waals surface area contributed by atoms with Gasteiger partial charge in [-0.2, -0.15) is 0 Å². The molecule has 9 heteroatoms. The molecule has 3 N–H and O–H groups in total. The predicted octanol–water partition coefficient (Wildman–Crippen LogP) is 1.08. The smallest absolute Gasteiger partial charge is 0.321 e. The Morgan fingerprint density at radius 3 is 2.67 bits per heavy atom. The van der Waals surface area contributed by atoms with Crippen molar-refractivity contribution in [2.24, 2.45) is 0 Å². The molecule has 0 unspecified atom stereocenters. The number of carbonyl (C=O) groups excluding carboxylic acids is 1. The number of hydrogen-bond acceptors (Lipinski definition) is 5. The van der Waals surface area contributed by atoms with E-state index < -0.39 is 0 Å². The summed E-state index contributed by atoms with van der Waals surface area (Å²) in [7, 11) is 0. The molecule has 24 heavy (non-hydrogen) atoms. The minimum absolute atomic E-state index is 0.254. The van der Waals surface area contributed by atoms with Gasteiger partial charge in [-0.05, 0) is 30.3 Å². The van der Waals surface area contributed by atoms with Crippen molar-refractivity contribution in [2.45, 2.75) is 0 Å². The van der Waals surface area contributed by atoms with Crippen LogP contribution in [0.1, 0.15) is 10.5 Å². The fraction of sp³-hybridized carbons (Fsp3) is 0. The van der Waals surface area contributed by atoms with Gasteiger partial charge in [0.1, 0.15) is 24.2 Å². The molecule has 0 radical (unpaired) electrons. The molecule has 3 heterocycles. The zero-order valence-electron chi connectivity index (χ0n) is 12.2. The number of fused-ring (bicyclic) bond motifs is 1. The molecule has 1 aromatic carbocycles. The van der Waals surface area contributed by atoms with E-state index in [0.717, 1.165) is 0 Å². The van der Waals surface area contributed by atoms with E-state index in [1.54, 1.807) is 41.0 Å². The van der Waals surface area contributed by atoms with Crippen molar-refractivity contribution in [2.75, 3.05) is 5.32 Å². The lowest BCUT2D eigenvalue weighted by atomic mass is 10.2. The quantitative estimate of drug-likeness (QED) is 0.521. The zero-order chi connectivity index (χ0) is 16.5. The van der Waals surface area contributed by atoms with Crippen molar-refractivity contribution >= 4 is 22.6 Å². The highest BCUT2D eigenvalue weighted by atomic mass is 16.2. The Morgan fingerprint density at radius 1 is 1.04 bits per heavy atom. The number of H-pyrrole nitrogens is 2. The lowest BCUT2D eigenvalue weighted by Crippen LogP contribution is -2.14. The van der Waals surface area contributed by atoms with E-state index in [2.05, 4.69) is 30.5 Å². The SMILES string of the molecule is O=C(Nc1ccc2[nH]c(=O)[nH]c2c1)c1cccc(-n2cnnc2)n1. The number of nitrogens with one attached hydrogen (secondary N) is 3. The molecule has 0 saturated carbocycles. The van der Waals surface area contributed by atoms with E-state index in [0.29, 0.717) is 22.5 Å². The third-order valence-corrected chi connectivity index (χ3v) is 3.42. The van der Waals surface area contributed by atoms with E-state index in [1.165, 1.54) is 12.7 Å². The summed E-state index contributed by atoms with van der Waals surface area (Å²) >= 11 is 0. The topological polar surface area (TPSA) is 121 Å². The maximum atomic E-state index is 12.4. The number of carbonyl (C=O) groups is 1. The summed E-state index contributed by atoms with van der Waals surface area (Å²) in [4.78, 5) is 33.2. The predicted molar refractivity (Wildman–Crippen MR) is 86.0 cm³/mol. The second-order valence-electron chi connectivity index (χ2n) is 5.04. The first kappa shape index (κ1) is 13.9. The molecule has 3 aromatic heterocycles. The van der Waals surface area contributed by atoms with Crippen LogP contribution >= 0.6 is 0 Å². The monoisotopic (exact) mass is 321 g/mol. The van der Waals surface area contributed by atoms with Crippen molar-refractivity contribution in [3.63, 3.8) is 0 Å². The number of amides is 1. The number of nitrogens with zero attached hydrogens (tertiary/aromatic N) is 4. The Bertz CT molecular complexity index is 1080. The minimum Gasteiger partial charge on any atom is -0.321 e. The van der Waals surface area contributed by atoms with Gasteiger partial charge < -0.3 is 15.3 Å². The lowest BCUT2D eigenvalue weighted by Gasteiger charge is -2.06. The van der Waals surface area contributed by atoms with Crippen molar-refractivity contribution in [1.29, 1.82) is 0 Å². The van der Waals surface area contributed by atoms with Crippen LogP contribution in [0, 0.1) is 0 Å². The average molecular weight is 321 g/mol. The summed E-state index contributed by atoms with van der Waals surface area (Å²) in [6, 6.07) is 10.2. The van der Waals surface area contributed by atoms with Crippen molar-refractivity contribution in [1.82, 2.24) is 29.7 Å². The fourth-order valence-corrected chi connectivity index (χ4v) is 2.32. The van der Waals surface area contributed by atoms with Crippen molar-refractivity contribution in [3.8, 4) is 5.82 Å². The molecule has 0 saturated heterocycles. The van der Waals surface area contributed by atoms with Gasteiger partial charge in [-0.3, -0.25) is 9.36 Å². The van der Waals surface area contributed by atoms with Crippen LogP contribution in [-0.2, 0) is 0 Å². The number of imidazole rings is 1. The van der Waals surface area contributed by atoms with E-state index in [1.807, 2.05) is 0 Å². The van der Waals surface area contributed by atoms with Gasteiger partial charge in [0.2, 0.25) is 0 Å². The number of aromatic nitrogens is 6. The summed E-state index contributed by atoms with van der Waals surface area (Å²) in [6.07, 6.45) is 3.00. The summed E-state index contributed by atoms with van der Waals surface area (Å²) in [6.45, 7) is 0. The zero-order valence-corrected chi connectivity index (χ0v) is 12.2. The highest BCUT2D eigenvalue weighted by Crippen LogP contribution is 2.15. The van der Waals surface area contributed by atoms with Crippen LogP contribution in [0.2, 0.25) is 0 Å². The van der Waals surface area contributed by atoms with Crippen LogP contribution in [0.15, 0.2) is 53.8 Å². The van der Waals surface area contributed by atoms with Crippen LogP contribution in [0.25, 0.3) is 16.9 Å². The van der Waals surface area contributed by atoms with Gasteiger partial charge in [0, 0.05) is 5.69 Å². The number of benzene rings is 1. The van der Waals surface area contributed by atoms with Crippen LogP contribution in [0.5, 0.6) is 0 Å². The highest BCUT2D eigenvalue weighted by molar-refractivity contribution is 6.03. The molecule has 0 aliphatic carbocycles. The molecule has 0 atom stereocenters. The van der Waals surface area contributed by atoms with Crippen LogP contribution in [0.3, 0.4) is 0 Å². The van der Waals surface area contributed by atoms with E-state index >= 15 is 0 Å². The van der Waals surface area contributed by atoms with Gasteiger partial charge in [-0.1, -0.05) is 6.07 Å². The Balaban J connectivity index is 1.61. The van der Waals surface area contributed by atoms with Crippen molar-refractivity contribution < 1.29 is 4.79 Å². The van der Waals surface area contributed by atoms with Crippen LogP contribution in [0.4, 0.5) is 5.69 Å². The van der Waals surface area contributed by atoms with Gasteiger partial charge in [-0.15, -0.1) is 10.2 Å². The van der Waals surface area contributed by atoms with Crippen molar-refractivity contribution in [3.05, 3.63) is 65.2 Å². The molecule has 118 valence electrons. The molecule has 0 aliphatic heterocycles. The molecule has 4 aromatic rings. The molecule has 9 nitrogen and oxygen atoms in total. The van der Waals surface area contributed by atoms with Gasteiger partial charge >= 0.3 is 5.69 Å². The summed E-state index contributed by atoms with van der Waals surface area (Å²) < 4.78 is 1.60. The fourth-order valence-electron chi connectivity index (χ4n) is 2.32. The number of anilines is 1. The second kappa shape index (κ2) is 5.47. The highest BCUT2D eigenvalue weighted by Gasteiger charge is 2.10. The molecule has 0 aliphatic rings. The summed E-state index contributed by atoms with van der Waals surface area (Å²) in [5.41, 5.74) is 1.80. The molecule has 1 amide bonds. The van der Waals surface area contributed by atoms with Crippen LogP contribution < -0.4 is 11.0 Å². The minimum atomic E-state index is -0.359. The second-order valence-corrected chi connectivity index (χ2v) is 5.04. The number of rotatable bonds is 3. The maximum absolute atomic E-state index is 12.4. The Kier molecular flexibility index (Phi) is 3.16. The Labute approximate surface area is 134 Å². The van der Waals surface area contributed by atoms with Gasteiger partial charge in [0.05, 0.1) is 11.0 Å². The number of aromatic amines is 2. The van der Waals surface area contributed by atoms with E-state index in [9.17, 15) is 9.59 Å². The Morgan fingerprint density at radius 2 is 1.83 bits per heavy atom. The normalized spacial score (nSPS) is 10.8. The lowest BCUT2D eigenvalue weighted by molar-refractivity contribution is 0.102. The Hall–Kier alpha value is -3.75. The molecular weight excluding hydrogens is 310 g/mol. The third kappa shape index (κ3) is 2.54. The standard InChI is InChI=1S/C15H11N7O2/c23-14(11-2-1-3-13(19-11)22-7-16-17-8-22)18-9-4-5-10-12(6-9)21-15(24)20-10/h1-8H,(H,18,23)(H2,20,21,24). The number of pyridine rings is 1. The average Bonchev–Trinajstić information content (AvgIpc) is 3.23. The maximum Gasteiger partial charge on any atom is 0.323 e. The first-order valence-corrected chi connectivity index (χ1v) is 7.04.